The van der Waals surface area contributed by atoms with Gasteiger partial charge in [-0.15, -0.1) is 0 Å². The summed E-state index contributed by atoms with van der Waals surface area (Å²) in [5, 5.41) is 0. The van der Waals surface area contributed by atoms with E-state index >= 15 is 0 Å². The summed E-state index contributed by atoms with van der Waals surface area (Å²) in [5.74, 6) is 5.01. The second-order valence-corrected chi connectivity index (χ2v) is 13.2. The summed E-state index contributed by atoms with van der Waals surface area (Å²) in [4.78, 5) is 9.69. The molecule has 1 saturated heterocycles. The molecule has 1 aliphatic rings. The van der Waals surface area contributed by atoms with Crippen molar-refractivity contribution in [2.24, 2.45) is 0 Å². The summed E-state index contributed by atoms with van der Waals surface area (Å²) in [7, 11) is 13.1. The van der Waals surface area contributed by atoms with Crippen LogP contribution in [-0.2, 0) is 13.1 Å². The van der Waals surface area contributed by atoms with Crippen LogP contribution in [0.1, 0.15) is 24.0 Å². The molecule has 6 rings (SSSR count). The van der Waals surface area contributed by atoms with Crippen molar-refractivity contribution in [2.45, 2.75) is 32.0 Å². The number of aromatic nitrogens is 1. The molecule has 2 heterocycles. The van der Waals surface area contributed by atoms with Crippen LogP contribution in [0.2, 0.25) is 0 Å². The Bertz CT molecular complexity index is 1990. The standard InChI is InChI=1S/C44H51N3O8/c1-48-35-24-34(25-36(26-35)49-2)47(28-30-11-9-10-12-37(30)31-20-39(50-3)43(54-7)40(21-31)51-4)33-14-17-46(18-15-33)27-29-13-16-45-38(19-29)32-22-41(52-5)44(55-8)42(23-32)53-6/h9-13,16,19-26,33H,14-15,17-18,27-28H2,1-8H3. The van der Waals surface area contributed by atoms with Gasteiger partial charge in [-0.2, -0.15) is 0 Å². The zero-order chi connectivity index (χ0) is 38.9. The molecule has 0 N–H and O–H groups in total. The molecule has 0 spiro atoms. The summed E-state index contributed by atoms with van der Waals surface area (Å²) >= 11 is 0. The van der Waals surface area contributed by atoms with Crippen molar-refractivity contribution in [3.8, 4) is 68.4 Å². The number of anilines is 1. The number of hydrogen-bond acceptors (Lipinski definition) is 11. The van der Waals surface area contributed by atoms with Gasteiger partial charge in [0.15, 0.2) is 23.0 Å². The number of likely N-dealkylation sites (tertiary alicyclic amines) is 1. The van der Waals surface area contributed by atoms with Crippen molar-refractivity contribution in [3.05, 3.63) is 96.2 Å². The van der Waals surface area contributed by atoms with Crippen molar-refractivity contribution < 1.29 is 37.9 Å². The first-order valence-electron chi connectivity index (χ1n) is 18.2. The van der Waals surface area contributed by atoms with Gasteiger partial charge in [0.25, 0.3) is 0 Å². The van der Waals surface area contributed by atoms with E-state index in [1.165, 1.54) is 5.56 Å². The molecule has 11 nitrogen and oxygen atoms in total. The number of rotatable bonds is 16. The van der Waals surface area contributed by atoms with E-state index in [4.69, 9.17) is 37.9 Å². The van der Waals surface area contributed by atoms with Crippen molar-refractivity contribution in [1.29, 1.82) is 0 Å². The molecule has 1 fully saturated rings. The van der Waals surface area contributed by atoms with Gasteiger partial charge in [-0.25, -0.2) is 0 Å². The third kappa shape index (κ3) is 8.62. The first-order valence-corrected chi connectivity index (χ1v) is 18.2. The predicted octanol–water partition coefficient (Wildman–Crippen LogP) is 8.16. The topological polar surface area (TPSA) is 93.2 Å². The van der Waals surface area contributed by atoms with Gasteiger partial charge in [0.05, 0.1) is 62.6 Å². The molecule has 4 aromatic carbocycles. The van der Waals surface area contributed by atoms with Crippen LogP contribution >= 0.6 is 0 Å². The normalized spacial score (nSPS) is 13.2. The minimum Gasteiger partial charge on any atom is -0.497 e. The molecule has 0 saturated carbocycles. The monoisotopic (exact) mass is 749 g/mol. The van der Waals surface area contributed by atoms with Crippen LogP contribution < -0.4 is 42.8 Å². The number of pyridine rings is 1. The lowest BCUT2D eigenvalue weighted by molar-refractivity contribution is 0.201. The highest BCUT2D eigenvalue weighted by Gasteiger charge is 2.27. The highest BCUT2D eigenvalue weighted by molar-refractivity contribution is 5.74. The summed E-state index contributed by atoms with van der Waals surface area (Å²) in [6.45, 7) is 3.33. The van der Waals surface area contributed by atoms with E-state index in [-0.39, 0.29) is 6.04 Å². The molecule has 0 bridgehead atoms. The molecule has 0 atom stereocenters. The van der Waals surface area contributed by atoms with E-state index in [9.17, 15) is 0 Å². The van der Waals surface area contributed by atoms with E-state index in [1.54, 1.807) is 56.9 Å². The highest BCUT2D eigenvalue weighted by atomic mass is 16.5. The van der Waals surface area contributed by atoms with Crippen molar-refractivity contribution >= 4 is 5.69 Å². The molecule has 290 valence electrons. The van der Waals surface area contributed by atoms with Gasteiger partial charge in [0.1, 0.15) is 11.5 Å². The van der Waals surface area contributed by atoms with E-state index in [0.29, 0.717) is 41.0 Å². The van der Waals surface area contributed by atoms with Crippen LogP contribution in [-0.4, -0.2) is 85.9 Å². The Labute approximate surface area is 324 Å². The fraction of sp³-hybridized carbons (Fsp3) is 0.341. The highest BCUT2D eigenvalue weighted by Crippen LogP contribution is 2.43. The lowest BCUT2D eigenvalue weighted by atomic mass is 9.96. The molecule has 0 radical (unpaired) electrons. The molecule has 1 aliphatic heterocycles. The Balaban J connectivity index is 1.26. The molecule has 0 aliphatic carbocycles. The third-order valence-corrected chi connectivity index (χ3v) is 10.2. The second kappa shape index (κ2) is 18.0. The van der Waals surface area contributed by atoms with Crippen LogP contribution in [0.4, 0.5) is 5.69 Å². The summed E-state index contributed by atoms with van der Waals surface area (Å²) in [6, 6.07) is 26.9. The Hall–Kier alpha value is -5.81. The Morgan fingerprint density at radius 3 is 1.67 bits per heavy atom. The zero-order valence-corrected chi connectivity index (χ0v) is 33.0. The minimum atomic E-state index is 0.258. The maximum absolute atomic E-state index is 5.73. The SMILES string of the molecule is COc1cc(OC)cc(N(Cc2ccccc2-c2cc(OC)c(OC)c(OC)c2)C2CCN(Cc3ccnc(-c4cc(OC)c(OC)c(OC)c4)c3)CC2)c1. The second-order valence-electron chi connectivity index (χ2n) is 13.2. The minimum absolute atomic E-state index is 0.258. The van der Waals surface area contributed by atoms with Crippen molar-refractivity contribution in [2.75, 3.05) is 74.9 Å². The lowest BCUT2D eigenvalue weighted by Gasteiger charge is -2.40. The van der Waals surface area contributed by atoms with Gasteiger partial charge in [-0.05, 0) is 71.5 Å². The molecule has 55 heavy (non-hydrogen) atoms. The van der Waals surface area contributed by atoms with Crippen LogP contribution in [0.5, 0.6) is 46.0 Å². The maximum atomic E-state index is 5.73. The first-order chi connectivity index (χ1) is 26.9. The summed E-state index contributed by atoms with van der Waals surface area (Å²) in [6.07, 6.45) is 3.80. The van der Waals surface area contributed by atoms with E-state index in [2.05, 4.69) is 63.3 Å². The van der Waals surface area contributed by atoms with Crippen LogP contribution in [0, 0.1) is 0 Å². The van der Waals surface area contributed by atoms with Gasteiger partial charge in [0.2, 0.25) is 11.5 Å². The van der Waals surface area contributed by atoms with Crippen molar-refractivity contribution in [3.63, 3.8) is 0 Å². The summed E-state index contributed by atoms with van der Waals surface area (Å²) in [5.41, 5.74) is 7.19. The quantitative estimate of drug-likeness (QED) is 0.0979. The van der Waals surface area contributed by atoms with Gasteiger partial charge < -0.3 is 42.8 Å². The molecular formula is C44H51N3O8. The fourth-order valence-electron chi connectivity index (χ4n) is 7.36. The average Bonchev–Trinajstić information content (AvgIpc) is 3.24. The van der Waals surface area contributed by atoms with Gasteiger partial charge in [0, 0.05) is 67.9 Å². The number of hydrogen-bond donors (Lipinski definition) is 0. The number of methoxy groups -OCH3 is 8. The Morgan fingerprint density at radius 1 is 0.600 bits per heavy atom. The Morgan fingerprint density at radius 2 is 1.15 bits per heavy atom. The van der Waals surface area contributed by atoms with Gasteiger partial charge >= 0.3 is 0 Å². The van der Waals surface area contributed by atoms with Crippen LogP contribution in [0.25, 0.3) is 22.4 Å². The molecule has 0 unspecified atom stereocenters. The van der Waals surface area contributed by atoms with E-state index in [0.717, 1.165) is 77.6 Å². The first kappa shape index (κ1) is 38.9. The molecule has 0 amide bonds. The predicted molar refractivity (Wildman–Crippen MR) is 215 cm³/mol. The smallest absolute Gasteiger partial charge is 0.203 e. The van der Waals surface area contributed by atoms with E-state index in [1.807, 2.05) is 36.5 Å². The molecule has 1 aromatic heterocycles. The summed E-state index contributed by atoms with van der Waals surface area (Å²) < 4.78 is 45.3. The number of piperidine rings is 1. The number of nitrogens with zero attached hydrogens (tertiary/aromatic N) is 3. The molecule has 11 heteroatoms. The van der Waals surface area contributed by atoms with Crippen molar-refractivity contribution in [1.82, 2.24) is 9.88 Å². The zero-order valence-electron chi connectivity index (χ0n) is 33.0. The van der Waals surface area contributed by atoms with Crippen LogP contribution in [0.15, 0.2) is 85.1 Å². The van der Waals surface area contributed by atoms with Gasteiger partial charge in [-0.1, -0.05) is 24.3 Å². The number of benzene rings is 4. The maximum Gasteiger partial charge on any atom is 0.203 e. The van der Waals surface area contributed by atoms with E-state index < -0.39 is 0 Å². The number of ether oxygens (including phenoxy) is 8. The van der Waals surface area contributed by atoms with Gasteiger partial charge in [-0.3, -0.25) is 9.88 Å². The average molecular weight is 750 g/mol. The third-order valence-electron chi connectivity index (χ3n) is 10.2. The van der Waals surface area contributed by atoms with Crippen LogP contribution in [0.3, 0.4) is 0 Å². The molecule has 5 aromatic rings. The lowest BCUT2D eigenvalue weighted by Crippen LogP contribution is -2.44. The fourth-order valence-corrected chi connectivity index (χ4v) is 7.36. The largest absolute Gasteiger partial charge is 0.497 e. The Kier molecular flexibility index (Phi) is 12.7. The molecular weight excluding hydrogens is 698 g/mol.